The molecule has 0 amide bonds. The Morgan fingerprint density at radius 1 is 1.10 bits per heavy atom. The highest BCUT2D eigenvalue weighted by atomic mass is 32.2. The lowest BCUT2D eigenvalue weighted by atomic mass is 10.1. The van der Waals surface area contributed by atoms with Crippen LogP contribution in [0.3, 0.4) is 0 Å². The molecule has 0 atom stereocenters. The van der Waals surface area contributed by atoms with Gasteiger partial charge in [-0.05, 0) is 26.3 Å². The monoisotopic (exact) mass is 302 g/mol. The quantitative estimate of drug-likeness (QED) is 0.383. The summed E-state index contributed by atoms with van der Waals surface area (Å²) in [4.78, 5) is 9.01. The van der Waals surface area contributed by atoms with Crippen LogP contribution in [0.5, 0.6) is 0 Å². The molecule has 0 bridgehead atoms. The molecular weight excluding hydrogens is 280 g/mol. The number of aryl methyl sites for hydroxylation is 3. The average molecular weight is 302 g/mol. The number of hydrogen-bond acceptors (Lipinski definition) is 5. The molecule has 1 aromatic carbocycles. The molecule has 1 heterocycles. The molecule has 0 aliphatic rings. The van der Waals surface area contributed by atoms with Crippen molar-refractivity contribution >= 4 is 17.6 Å². The van der Waals surface area contributed by atoms with E-state index in [4.69, 9.17) is 5.84 Å². The zero-order valence-electron chi connectivity index (χ0n) is 13.0. The molecule has 21 heavy (non-hydrogen) atoms. The third-order valence-corrected chi connectivity index (χ3v) is 4.41. The molecule has 2 rings (SSSR count). The summed E-state index contributed by atoms with van der Waals surface area (Å²) in [6.07, 6.45) is 0.798. The van der Waals surface area contributed by atoms with Crippen LogP contribution >= 0.6 is 11.8 Å². The second-order valence-corrected chi connectivity index (χ2v) is 6.17. The van der Waals surface area contributed by atoms with Gasteiger partial charge in [-0.3, -0.25) is 0 Å². The van der Waals surface area contributed by atoms with Gasteiger partial charge in [0.25, 0.3) is 0 Å². The van der Waals surface area contributed by atoms with E-state index in [0.29, 0.717) is 5.82 Å². The number of benzene rings is 1. The molecule has 0 unspecified atom stereocenters. The van der Waals surface area contributed by atoms with Gasteiger partial charge in [0.05, 0.1) is 0 Å². The fraction of sp³-hybridized carbons (Fsp3) is 0.375. The van der Waals surface area contributed by atoms with Crippen LogP contribution in [0.15, 0.2) is 23.2 Å². The number of nitrogens with one attached hydrogen (secondary N) is 1. The van der Waals surface area contributed by atoms with Crippen LogP contribution in [-0.4, -0.2) is 9.97 Å². The van der Waals surface area contributed by atoms with Gasteiger partial charge < -0.3 is 5.43 Å². The Bertz CT molecular complexity index is 620. The highest BCUT2D eigenvalue weighted by molar-refractivity contribution is 7.98. The van der Waals surface area contributed by atoms with E-state index in [9.17, 15) is 0 Å². The molecule has 0 aliphatic carbocycles. The van der Waals surface area contributed by atoms with Gasteiger partial charge in [-0.1, -0.05) is 36.2 Å². The van der Waals surface area contributed by atoms with Gasteiger partial charge in [0.2, 0.25) is 0 Å². The molecule has 112 valence electrons. The summed E-state index contributed by atoms with van der Waals surface area (Å²) in [7, 11) is 0. The SMILES string of the molecule is CCc1nc(NN)c(C)c(SCc2cc(C)cc(C)c2)n1. The Morgan fingerprint density at radius 3 is 2.33 bits per heavy atom. The molecular formula is C16H22N4S. The maximum absolute atomic E-state index is 5.54. The van der Waals surface area contributed by atoms with Gasteiger partial charge in [-0.2, -0.15) is 0 Å². The van der Waals surface area contributed by atoms with Crippen LogP contribution in [0.25, 0.3) is 0 Å². The Morgan fingerprint density at radius 2 is 1.76 bits per heavy atom. The van der Waals surface area contributed by atoms with E-state index in [-0.39, 0.29) is 0 Å². The predicted octanol–water partition coefficient (Wildman–Crippen LogP) is 3.54. The van der Waals surface area contributed by atoms with Crippen LogP contribution in [0, 0.1) is 20.8 Å². The van der Waals surface area contributed by atoms with Gasteiger partial charge in [0.15, 0.2) is 0 Å². The average Bonchev–Trinajstić information content (AvgIpc) is 2.45. The second-order valence-electron chi connectivity index (χ2n) is 5.20. The summed E-state index contributed by atoms with van der Waals surface area (Å²) in [6.45, 7) is 8.30. The van der Waals surface area contributed by atoms with E-state index in [1.165, 1.54) is 16.7 Å². The van der Waals surface area contributed by atoms with Gasteiger partial charge in [-0.15, -0.1) is 11.8 Å². The zero-order valence-corrected chi connectivity index (χ0v) is 13.8. The van der Waals surface area contributed by atoms with Gasteiger partial charge in [0.1, 0.15) is 16.7 Å². The number of hydrogen-bond donors (Lipinski definition) is 2. The standard InChI is InChI=1S/C16H22N4S/c1-5-14-18-15(20-17)12(4)16(19-14)21-9-13-7-10(2)6-11(3)8-13/h6-8H,5,9,17H2,1-4H3,(H,18,19,20). The first-order chi connectivity index (χ1) is 10.0. The molecule has 0 spiro atoms. The predicted molar refractivity (Wildman–Crippen MR) is 89.4 cm³/mol. The number of thioether (sulfide) groups is 1. The maximum Gasteiger partial charge on any atom is 0.147 e. The first-order valence-corrected chi connectivity index (χ1v) is 8.06. The molecule has 2 aromatic rings. The molecule has 0 saturated heterocycles. The van der Waals surface area contributed by atoms with Crippen LogP contribution in [-0.2, 0) is 12.2 Å². The Labute approximate surface area is 130 Å². The Balaban J connectivity index is 2.22. The summed E-state index contributed by atoms with van der Waals surface area (Å²) >= 11 is 1.73. The van der Waals surface area contributed by atoms with Crippen molar-refractivity contribution in [2.24, 2.45) is 5.84 Å². The summed E-state index contributed by atoms with van der Waals surface area (Å²) in [6, 6.07) is 6.63. The van der Waals surface area contributed by atoms with E-state index in [0.717, 1.165) is 28.6 Å². The largest absolute Gasteiger partial charge is 0.308 e. The van der Waals surface area contributed by atoms with Crippen molar-refractivity contribution in [2.75, 3.05) is 5.43 Å². The molecule has 0 saturated carbocycles. The molecule has 0 fully saturated rings. The fourth-order valence-corrected chi connectivity index (χ4v) is 3.24. The minimum atomic E-state index is 0.713. The number of hydrazine groups is 1. The minimum Gasteiger partial charge on any atom is -0.308 e. The number of nitrogens with two attached hydrogens (primary N) is 1. The van der Waals surface area contributed by atoms with Crippen molar-refractivity contribution in [3.63, 3.8) is 0 Å². The summed E-state index contributed by atoms with van der Waals surface area (Å²) in [5.41, 5.74) is 7.57. The maximum atomic E-state index is 5.54. The topological polar surface area (TPSA) is 63.8 Å². The summed E-state index contributed by atoms with van der Waals surface area (Å²) in [5, 5.41) is 0.994. The van der Waals surface area contributed by atoms with E-state index >= 15 is 0 Å². The van der Waals surface area contributed by atoms with Crippen molar-refractivity contribution in [1.29, 1.82) is 0 Å². The lowest BCUT2D eigenvalue weighted by Gasteiger charge is -2.11. The normalized spacial score (nSPS) is 10.7. The van der Waals surface area contributed by atoms with E-state index in [1.54, 1.807) is 11.8 Å². The first kappa shape index (κ1) is 15.8. The van der Waals surface area contributed by atoms with Crippen LogP contribution in [0.2, 0.25) is 0 Å². The minimum absolute atomic E-state index is 0.713. The molecule has 5 heteroatoms. The number of anilines is 1. The van der Waals surface area contributed by atoms with Crippen molar-refractivity contribution in [2.45, 2.75) is 44.9 Å². The highest BCUT2D eigenvalue weighted by Gasteiger charge is 2.10. The smallest absolute Gasteiger partial charge is 0.147 e. The van der Waals surface area contributed by atoms with Crippen molar-refractivity contribution in [3.8, 4) is 0 Å². The van der Waals surface area contributed by atoms with Crippen LogP contribution < -0.4 is 11.3 Å². The highest BCUT2D eigenvalue weighted by Crippen LogP contribution is 2.28. The second kappa shape index (κ2) is 6.91. The van der Waals surface area contributed by atoms with Crippen molar-refractivity contribution < 1.29 is 0 Å². The summed E-state index contributed by atoms with van der Waals surface area (Å²) < 4.78 is 0. The third-order valence-electron chi connectivity index (χ3n) is 3.26. The lowest BCUT2D eigenvalue weighted by molar-refractivity contribution is 0.871. The number of aromatic nitrogens is 2. The number of nitrogen functional groups attached to an aromatic ring is 1. The summed E-state index contributed by atoms with van der Waals surface area (Å²) in [5.74, 6) is 7.97. The molecule has 4 nitrogen and oxygen atoms in total. The van der Waals surface area contributed by atoms with Gasteiger partial charge in [-0.25, -0.2) is 15.8 Å². The number of nitrogens with zero attached hydrogens (tertiary/aromatic N) is 2. The van der Waals surface area contributed by atoms with Crippen molar-refractivity contribution in [3.05, 3.63) is 46.3 Å². The van der Waals surface area contributed by atoms with E-state index in [2.05, 4.69) is 47.4 Å². The van der Waals surface area contributed by atoms with Gasteiger partial charge >= 0.3 is 0 Å². The molecule has 0 radical (unpaired) electrons. The Kier molecular flexibility index (Phi) is 5.20. The zero-order chi connectivity index (χ0) is 15.4. The van der Waals surface area contributed by atoms with Gasteiger partial charge in [0, 0.05) is 17.7 Å². The Hall–Kier alpha value is -1.59. The number of rotatable bonds is 5. The van der Waals surface area contributed by atoms with Crippen LogP contribution in [0.1, 0.15) is 35.0 Å². The fourth-order valence-electron chi connectivity index (χ4n) is 2.28. The van der Waals surface area contributed by atoms with Crippen LogP contribution in [0.4, 0.5) is 5.82 Å². The molecule has 3 N–H and O–H groups in total. The molecule has 0 aliphatic heterocycles. The first-order valence-electron chi connectivity index (χ1n) is 7.07. The lowest BCUT2D eigenvalue weighted by Crippen LogP contribution is -2.13. The van der Waals surface area contributed by atoms with E-state index < -0.39 is 0 Å². The third kappa shape index (κ3) is 3.95. The molecule has 1 aromatic heterocycles. The van der Waals surface area contributed by atoms with Crippen molar-refractivity contribution in [1.82, 2.24) is 9.97 Å². The van der Waals surface area contributed by atoms with E-state index in [1.807, 2.05) is 13.8 Å².